The van der Waals surface area contributed by atoms with Crippen LogP contribution in [0.5, 0.6) is 0 Å². The van der Waals surface area contributed by atoms with Gasteiger partial charge in [0.05, 0.1) is 5.02 Å². The average molecular weight is 334 g/mol. The first-order chi connectivity index (χ1) is 11.2. The van der Waals surface area contributed by atoms with Gasteiger partial charge >= 0.3 is 0 Å². The largest absolute Gasteiger partial charge is 0.443 e. The van der Waals surface area contributed by atoms with Crippen molar-refractivity contribution in [3.8, 4) is 11.3 Å². The number of hydrogen-bond donors (Lipinski definition) is 1. The van der Waals surface area contributed by atoms with Gasteiger partial charge in [-0.05, 0) is 44.5 Å². The third kappa shape index (κ3) is 3.41. The predicted molar refractivity (Wildman–Crippen MR) is 89.5 cm³/mol. The smallest absolute Gasteiger partial charge is 0.276 e. The zero-order valence-corrected chi connectivity index (χ0v) is 13.8. The molecule has 1 fully saturated rings. The molecule has 0 unspecified atom stereocenters. The minimum Gasteiger partial charge on any atom is -0.443 e. The summed E-state index contributed by atoms with van der Waals surface area (Å²) in [5.74, 6) is 0.833. The van der Waals surface area contributed by atoms with Crippen molar-refractivity contribution in [3.05, 3.63) is 41.4 Å². The van der Waals surface area contributed by atoms with E-state index in [0.717, 1.165) is 32.5 Å². The van der Waals surface area contributed by atoms with Gasteiger partial charge in [0, 0.05) is 18.7 Å². The first-order valence-corrected chi connectivity index (χ1v) is 8.20. The van der Waals surface area contributed by atoms with E-state index < -0.39 is 0 Å². The van der Waals surface area contributed by atoms with Crippen molar-refractivity contribution in [1.82, 2.24) is 15.2 Å². The monoisotopic (exact) mass is 333 g/mol. The molecule has 1 aromatic carbocycles. The Morgan fingerprint density at radius 3 is 3.09 bits per heavy atom. The van der Waals surface area contributed by atoms with Gasteiger partial charge in [-0.1, -0.05) is 23.7 Å². The number of nitrogens with one attached hydrogen (secondary N) is 1. The Labute approximate surface area is 140 Å². The Hall–Kier alpha value is -1.85. The third-order valence-corrected chi connectivity index (χ3v) is 4.52. The van der Waals surface area contributed by atoms with E-state index in [0.29, 0.717) is 28.0 Å². The molecule has 0 saturated carbocycles. The highest BCUT2D eigenvalue weighted by atomic mass is 35.5. The first kappa shape index (κ1) is 16.0. The third-order valence-electron chi connectivity index (χ3n) is 4.19. The molecule has 6 heteroatoms. The number of piperidine rings is 1. The number of amides is 1. The van der Waals surface area contributed by atoms with Crippen LogP contribution >= 0.6 is 11.6 Å². The van der Waals surface area contributed by atoms with E-state index in [1.807, 2.05) is 30.1 Å². The Morgan fingerprint density at radius 1 is 1.48 bits per heavy atom. The van der Waals surface area contributed by atoms with E-state index in [-0.39, 0.29) is 5.91 Å². The summed E-state index contributed by atoms with van der Waals surface area (Å²) in [6, 6.07) is 7.32. The molecule has 2 heterocycles. The number of carbonyl (C=O) groups excluding carboxylic acids is 1. The van der Waals surface area contributed by atoms with Crippen molar-refractivity contribution < 1.29 is 9.21 Å². The van der Waals surface area contributed by atoms with Crippen LogP contribution in [-0.4, -0.2) is 42.5 Å². The minimum atomic E-state index is -0.0885. The summed E-state index contributed by atoms with van der Waals surface area (Å²) in [6.07, 6.45) is 3.46. The highest BCUT2D eigenvalue weighted by Gasteiger charge is 2.28. The number of halogens is 1. The van der Waals surface area contributed by atoms with E-state index in [1.54, 1.807) is 6.07 Å². The fourth-order valence-corrected chi connectivity index (χ4v) is 3.31. The molecule has 3 rings (SSSR count). The zero-order valence-electron chi connectivity index (χ0n) is 13.1. The summed E-state index contributed by atoms with van der Waals surface area (Å²) in [6.45, 7) is 2.42. The topological polar surface area (TPSA) is 58.4 Å². The highest BCUT2D eigenvalue weighted by Crippen LogP contribution is 2.31. The normalized spacial score (nSPS) is 18.2. The fourth-order valence-electron chi connectivity index (χ4n) is 3.09. The Morgan fingerprint density at radius 2 is 2.30 bits per heavy atom. The second-order valence-electron chi connectivity index (χ2n) is 5.83. The number of oxazole rings is 1. The molecular formula is C17H20ClN3O2. The fraction of sp³-hybridized carbons (Fsp3) is 0.412. The van der Waals surface area contributed by atoms with Crippen LogP contribution in [0.1, 0.15) is 23.3 Å². The summed E-state index contributed by atoms with van der Waals surface area (Å²) in [5.41, 5.74) is 1.03. The van der Waals surface area contributed by atoms with Crippen LogP contribution in [0.3, 0.4) is 0 Å². The van der Waals surface area contributed by atoms with Gasteiger partial charge in [-0.25, -0.2) is 4.98 Å². The van der Waals surface area contributed by atoms with Crippen molar-refractivity contribution in [3.63, 3.8) is 0 Å². The van der Waals surface area contributed by atoms with Gasteiger partial charge in [-0.3, -0.25) is 4.79 Å². The van der Waals surface area contributed by atoms with Crippen LogP contribution in [0.2, 0.25) is 5.02 Å². The van der Waals surface area contributed by atoms with E-state index in [4.69, 9.17) is 16.0 Å². The van der Waals surface area contributed by atoms with Gasteiger partial charge in [0.15, 0.2) is 17.8 Å². The van der Waals surface area contributed by atoms with Gasteiger partial charge in [-0.2, -0.15) is 0 Å². The molecule has 1 atom stereocenters. The molecule has 0 aliphatic carbocycles. The van der Waals surface area contributed by atoms with Crippen molar-refractivity contribution in [2.75, 3.05) is 26.7 Å². The summed E-state index contributed by atoms with van der Waals surface area (Å²) in [4.78, 5) is 18.9. The molecule has 0 bridgehead atoms. The molecule has 23 heavy (non-hydrogen) atoms. The van der Waals surface area contributed by atoms with Crippen LogP contribution in [0.15, 0.2) is 35.1 Å². The van der Waals surface area contributed by atoms with Gasteiger partial charge in [-0.15, -0.1) is 0 Å². The van der Waals surface area contributed by atoms with E-state index in [9.17, 15) is 4.79 Å². The van der Waals surface area contributed by atoms with Gasteiger partial charge in [0.2, 0.25) is 0 Å². The SMILES string of the molecule is CNC[C@H]1CCCN(C(=O)c2ncoc2-c2ccccc2Cl)C1. The molecule has 5 nitrogen and oxygen atoms in total. The minimum absolute atomic E-state index is 0.0885. The van der Waals surface area contributed by atoms with E-state index in [1.165, 1.54) is 6.39 Å². The lowest BCUT2D eigenvalue weighted by Crippen LogP contribution is -2.42. The molecule has 0 spiro atoms. The van der Waals surface area contributed by atoms with Crippen LogP contribution < -0.4 is 5.32 Å². The van der Waals surface area contributed by atoms with Crippen LogP contribution in [0.25, 0.3) is 11.3 Å². The Balaban J connectivity index is 1.84. The molecular weight excluding hydrogens is 314 g/mol. The lowest BCUT2D eigenvalue weighted by molar-refractivity contribution is 0.0669. The molecule has 2 aromatic rings. The number of likely N-dealkylation sites (tertiary alicyclic amines) is 1. The van der Waals surface area contributed by atoms with E-state index >= 15 is 0 Å². The molecule has 0 radical (unpaired) electrons. The van der Waals surface area contributed by atoms with Gasteiger partial charge in [0.1, 0.15) is 0 Å². The number of hydrogen-bond acceptors (Lipinski definition) is 4. The standard InChI is InChI=1S/C17H20ClN3O2/c1-19-9-12-5-4-8-21(10-12)17(22)15-16(23-11-20-15)13-6-2-3-7-14(13)18/h2-3,6-7,11-12,19H,4-5,8-10H2,1H3/t12-/m1/s1. The summed E-state index contributed by atoms with van der Waals surface area (Å²) in [7, 11) is 1.94. The quantitative estimate of drug-likeness (QED) is 0.934. The maximum Gasteiger partial charge on any atom is 0.276 e. The van der Waals surface area contributed by atoms with Crippen LogP contribution in [0.4, 0.5) is 0 Å². The predicted octanol–water partition coefficient (Wildman–Crippen LogP) is 3.07. The molecule has 122 valence electrons. The van der Waals surface area contributed by atoms with Crippen LogP contribution in [0, 0.1) is 5.92 Å². The molecule has 1 amide bonds. The van der Waals surface area contributed by atoms with Crippen LogP contribution in [-0.2, 0) is 0 Å². The molecule has 1 saturated heterocycles. The Bertz CT molecular complexity index is 684. The van der Waals surface area contributed by atoms with Crippen molar-refractivity contribution in [2.45, 2.75) is 12.8 Å². The van der Waals surface area contributed by atoms with E-state index in [2.05, 4.69) is 10.3 Å². The lowest BCUT2D eigenvalue weighted by Gasteiger charge is -2.32. The molecule has 1 aromatic heterocycles. The summed E-state index contributed by atoms with van der Waals surface area (Å²) >= 11 is 6.22. The average Bonchev–Trinajstić information content (AvgIpc) is 3.04. The first-order valence-electron chi connectivity index (χ1n) is 7.83. The molecule has 1 aliphatic heterocycles. The van der Waals surface area contributed by atoms with Crippen molar-refractivity contribution >= 4 is 17.5 Å². The molecule has 1 aliphatic rings. The second-order valence-corrected chi connectivity index (χ2v) is 6.23. The lowest BCUT2D eigenvalue weighted by atomic mass is 9.97. The number of nitrogens with zero attached hydrogens (tertiary/aromatic N) is 2. The maximum absolute atomic E-state index is 12.9. The second kappa shape index (κ2) is 7.15. The number of rotatable bonds is 4. The highest BCUT2D eigenvalue weighted by molar-refractivity contribution is 6.33. The number of carbonyl (C=O) groups is 1. The summed E-state index contributed by atoms with van der Waals surface area (Å²) in [5, 5.41) is 3.73. The van der Waals surface area contributed by atoms with Gasteiger partial charge < -0.3 is 14.6 Å². The molecule has 1 N–H and O–H groups in total. The number of aromatic nitrogens is 1. The van der Waals surface area contributed by atoms with Gasteiger partial charge in [0.25, 0.3) is 5.91 Å². The van der Waals surface area contributed by atoms with Crippen molar-refractivity contribution in [2.24, 2.45) is 5.92 Å². The summed E-state index contributed by atoms with van der Waals surface area (Å²) < 4.78 is 5.46. The Kier molecular flexibility index (Phi) is 4.98. The van der Waals surface area contributed by atoms with Crippen molar-refractivity contribution in [1.29, 1.82) is 0 Å². The zero-order chi connectivity index (χ0) is 16.2. The number of benzene rings is 1. The maximum atomic E-state index is 12.9.